The van der Waals surface area contributed by atoms with Gasteiger partial charge in [-0.05, 0) is 23.8 Å². The monoisotopic (exact) mass is 229 g/mol. The lowest BCUT2D eigenvalue weighted by molar-refractivity contribution is -0.385. The number of pyridine rings is 1. The van der Waals surface area contributed by atoms with E-state index in [-0.39, 0.29) is 10.9 Å². The van der Waals surface area contributed by atoms with Crippen LogP contribution in [0.4, 0.5) is 5.69 Å². The molecule has 0 saturated carbocycles. The highest BCUT2D eigenvalue weighted by atomic mass is 33.1. The molecule has 1 aromatic rings. The van der Waals surface area contributed by atoms with Gasteiger partial charge in [0.1, 0.15) is 11.2 Å². The van der Waals surface area contributed by atoms with Gasteiger partial charge < -0.3 is 0 Å². The zero-order valence-corrected chi connectivity index (χ0v) is 9.18. The second kappa shape index (κ2) is 5.21. The first-order valence-electron chi connectivity index (χ1n) is 3.86. The summed E-state index contributed by atoms with van der Waals surface area (Å²) in [6.45, 7) is 5.78. The molecular formula is C8H9N2O2S2. The minimum atomic E-state index is -0.460. The lowest BCUT2D eigenvalue weighted by Crippen LogP contribution is -1.89. The second-order valence-corrected chi connectivity index (χ2v) is 5.26. The Hall–Kier alpha value is -0.750. The van der Waals surface area contributed by atoms with Crippen LogP contribution in [0.25, 0.3) is 0 Å². The fraction of sp³-hybridized carbons (Fsp3) is 0.250. The van der Waals surface area contributed by atoms with Gasteiger partial charge in [0, 0.05) is 11.3 Å². The number of rotatable bonds is 4. The summed E-state index contributed by atoms with van der Waals surface area (Å²) in [6, 6.07) is 3.09. The molecule has 1 atom stereocenters. The van der Waals surface area contributed by atoms with Gasteiger partial charge in [-0.2, -0.15) is 0 Å². The molecule has 4 nitrogen and oxygen atoms in total. The van der Waals surface area contributed by atoms with Crippen molar-refractivity contribution in [2.75, 3.05) is 0 Å². The standard InChI is InChI=1S/C8H9N2O2S2/c1-6(2)13-14-8-4-3-7(5-9-8)10(11)12/h3-6H,1H2,2H3. The lowest BCUT2D eigenvalue weighted by atomic mass is 10.4. The highest BCUT2D eigenvalue weighted by molar-refractivity contribution is 8.76. The van der Waals surface area contributed by atoms with Gasteiger partial charge in [0.05, 0.1) is 4.92 Å². The molecule has 6 heteroatoms. The van der Waals surface area contributed by atoms with Gasteiger partial charge in [-0.3, -0.25) is 10.1 Å². The minimum absolute atomic E-state index is 0.0158. The van der Waals surface area contributed by atoms with Gasteiger partial charge in [-0.15, -0.1) is 0 Å². The highest BCUT2D eigenvalue weighted by Crippen LogP contribution is 2.32. The second-order valence-electron chi connectivity index (χ2n) is 2.60. The topological polar surface area (TPSA) is 56.0 Å². The molecule has 1 radical (unpaired) electrons. The van der Waals surface area contributed by atoms with Crippen LogP contribution in [-0.2, 0) is 0 Å². The Kier molecular flexibility index (Phi) is 4.21. The van der Waals surface area contributed by atoms with Crippen molar-refractivity contribution in [1.29, 1.82) is 0 Å². The molecule has 1 rings (SSSR count). The summed E-state index contributed by atoms with van der Waals surface area (Å²) in [5.41, 5.74) is 0.0158. The van der Waals surface area contributed by atoms with Crippen molar-refractivity contribution in [2.24, 2.45) is 0 Å². The maximum absolute atomic E-state index is 10.3. The third-order valence-electron chi connectivity index (χ3n) is 1.23. The third-order valence-corrected chi connectivity index (χ3v) is 3.85. The summed E-state index contributed by atoms with van der Waals surface area (Å²) in [4.78, 5) is 13.8. The summed E-state index contributed by atoms with van der Waals surface area (Å²) >= 11 is 0. The van der Waals surface area contributed by atoms with Crippen LogP contribution in [0.1, 0.15) is 6.92 Å². The van der Waals surface area contributed by atoms with Crippen LogP contribution in [0.5, 0.6) is 0 Å². The van der Waals surface area contributed by atoms with E-state index in [1.807, 2.05) is 6.92 Å². The van der Waals surface area contributed by atoms with Gasteiger partial charge in [0.2, 0.25) is 0 Å². The van der Waals surface area contributed by atoms with Crippen LogP contribution in [0, 0.1) is 17.0 Å². The van der Waals surface area contributed by atoms with Crippen LogP contribution in [0.15, 0.2) is 23.4 Å². The van der Waals surface area contributed by atoms with Crippen LogP contribution in [0.3, 0.4) is 0 Å². The Morgan fingerprint density at radius 3 is 2.79 bits per heavy atom. The van der Waals surface area contributed by atoms with E-state index in [1.54, 1.807) is 16.9 Å². The summed E-state index contributed by atoms with van der Waals surface area (Å²) in [5, 5.41) is 11.3. The van der Waals surface area contributed by atoms with E-state index in [2.05, 4.69) is 11.9 Å². The Morgan fingerprint density at radius 2 is 2.36 bits per heavy atom. The summed E-state index contributed by atoms with van der Waals surface area (Å²) in [5.74, 6) is 0. The fourth-order valence-electron chi connectivity index (χ4n) is 0.661. The predicted octanol–water partition coefficient (Wildman–Crippen LogP) is 2.95. The molecule has 0 aliphatic rings. The molecule has 0 aromatic carbocycles. The van der Waals surface area contributed by atoms with E-state index in [0.717, 1.165) is 5.03 Å². The largest absolute Gasteiger partial charge is 0.287 e. The summed E-state index contributed by atoms with van der Waals surface area (Å²) < 4.78 is 0. The maximum atomic E-state index is 10.3. The van der Waals surface area contributed by atoms with Crippen molar-refractivity contribution >= 4 is 27.3 Å². The number of aromatic nitrogens is 1. The average molecular weight is 229 g/mol. The van der Waals surface area contributed by atoms with Gasteiger partial charge in [0.25, 0.3) is 5.69 Å². The van der Waals surface area contributed by atoms with Gasteiger partial charge in [0.15, 0.2) is 0 Å². The number of nitro groups is 1. The molecule has 14 heavy (non-hydrogen) atoms. The molecule has 0 N–H and O–H groups in total. The van der Waals surface area contributed by atoms with E-state index in [1.165, 1.54) is 23.1 Å². The first-order valence-corrected chi connectivity index (χ1v) is 6.07. The molecule has 0 spiro atoms. The van der Waals surface area contributed by atoms with Crippen LogP contribution in [-0.4, -0.2) is 15.2 Å². The fourth-order valence-corrected chi connectivity index (χ4v) is 2.23. The van der Waals surface area contributed by atoms with Crippen molar-refractivity contribution in [2.45, 2.75) is 17.2 Å². The SMILES string of the molecule is [CH2]C(C)SSc1ccc([N+](=O)[O-])cn1. The van der Waals surface area contributed by atoms with E-state index >= 15 is 0 Å². The summed E-state index contributed by atoms with van der Waals surface area (Å²) in [7, 11) is 3.04. The zero-order valence-electron chi connectivity index (χ0n) is 7.54. The van der Waals surface area contributed by atoms with Gasteiger partial charge in [-0.25, -0.2) is 4.98 Å². The Balaban J connectivity index is 2.60. The molecule has 0 amide bonds. The molecule has 0 aliphatic carbocycles. The third kappa shape index (κ3) is 3.55. The summed E-state index contributed by atoms with van der Waals surface area (Å²) in [6.07, 6.45) is 1.26. The normalized spacial score (nSPS) is 10.5. The van der Waals surface area contributed by atoms with Crippen LogP contribution < -0.4 is 0 Å². The molecule has 0 aliphatic heterocycles. The van der Waals surface area contributed by atoms with Crippen LogP contribution >= 0.6 is 21.6 Å². The maximum Gasteiger partial charge on any atom is 0.287 e. The number of nitrogens with zero attached hydrogens (tertiary/aromatic N) is 2. The predicted molar refractivity (Wildman–Crippen MR) is 59.2 cm³/mol. The van der Waals surface area contributed by atoms with Crippen molar-refractivity contribution in [3.8, 4) is 0 Å². The molecule has 1 unspecified atom stereocenters. The van der Waals surface area contributed by atoms with Crippen LogP contribution in [0.2, 0.25) is 0 Å². The Morgan fingerprint density at radius 1 is 1.64 bits per heavy atom. The van der Waals surface area contributed by atoms with E-state index in [4.69, 9.17) is 0 Å². The van der Waals surface area contributed by atoms with E-state index in [9.17, 15) is 10.1 Å². The quantitative estimate of drug-likeness (QED) is 0.451. The molecular weight excluding hydrogens is 220 g/mol. The Labute approximate surface area is 90.0 Å². The van der Waals surface area contributed by atoms with Crippen molar-refractivity contribution in [1.82, 2.24) is 4.98 Å². The molecule has 1 aromatic heterocycles. The van der Waals surface area contributed by atoms with Crippen molar-refractivity contribution < 1.29 is 4.92 Å². The molecule has 0 bridgehead atoms. The van der Waals surface area contributed by atoms with Crippen molar-refractivity contribution in [3.63, 3.8) is 0 Å². The van der Waals surface area contributed by atoms with Gasteiger partial charge >= 0.3 is 0 Å². The molecule has 75 valence electrons. The number of hydrogen-bond donors (Lipinski definition) is 0. The van der Waals surface area contributed by atoms with Crippen molar-refractivity contribution in [3.05, 3.63) is 35.4 Å². The highest BCUT2D eigenvalue weighted by Gasteiger charge is 2.06. The molecule has 0 fully saturated rings. The Bertz CT molecular complexity index is 314. The minimum Gasteiger partial charge on any atom is -0.258 e. The first kappa shape index (κ1) is 11.3. The molecule has 1 heterocycles. The zero-order chi connectivity index (χ0) is 10.6. The smallest absolute Gasteiger partial charge is 0.258 e. The average Bonchev–Trinajstić information content (AvgIpc) is 2.15. The van der Waals surface area contributed by atoms with E-state index in [0.29, 0.717) is 0 Å². The first-order chi connectivity index (χ1) is 6.59. The van der Waals surface area contributed by atoms with Gasteiger partial charge in [-0.1, -0.05) is 17.7 Å². The number of hydrogen-bond acceptors (Lipinski definition) is 5. The lowest BCUT2D eigenvalue weighted by Gasteiger charge is -2.01. The van der Waals surface area contributed by atoms with E-state index < -0.39 is 4.92 Å². The molecule has 0 saturated heterocycles.